The van der Waals surface area contributed by atoms with Crippen LogP contribution in [0.25, 0.3) is 16.6 Å². The molecular formula is C23H13N3O4. The van der Waals surface area contributed by atoms with Gasteiger partial charge in [0, 0.05) is 23.3 Å². The van der Waals surface area contributed by atoms with Gasteiger partial charge in [-0.15, -0.1) is 0 Å². The highest BCUT2D eigenvalue weighted by molar-refractivity contribution is 5.79. The zero-order valence-electron chi connectivity index (χ0n) is 15.4. The minimum absolute atomic E-state index is 0.0186. The molecule has 0 aliphatic carbocycles. The molecule has 0 bridgehead atoms. The van der Waals surface area contributed by atoms with E-state index < -0.39 is 10.5 Å². The first-order chi connectivity index (χ1) is 14.5. The number of nitro groups is 1. The van der Waals surface area contributed by atoms with E-state index in [1.165, 1.54) is 22.8 Å². The topological polar surface area (TPSA) is 98.3 Å². The summed E-state index contributed by atoms with van der Waals surface area (Å²) < 4.78 is 1.28. The van der Waals surface area contributed by atoms with Gasteiger partial charge in [-0.25, -0.2) is 4.98 Å². The number of aliphatic hydroxyl groups is 1. The molecule has 0 saturated carbocycles. The summed E-state index contributed by atoms with van der Waals surface area (Å²) in [6.07, 6.45) is 0. The molecule has 0 saturated heterocycles. The number of para-hydroxylation sites is 1. The van der Waals surface area contributed by atoms with Crippen molar-refractivity contribution in [1.82, 2.24) is 9.55 Å². The van der Waals surface area contributed by atoms with Gasteiger partial charge in [0.2, 0.25) is 5.60 Å². The first-order valence-electron chi connectivity index (χ1n) is 9.11. The highest BCUT2D eigenvalue weighted by Gasteiger charge is 2.45. The van der Waals surface area contributed by atoms with Crippen molar-refractivity contribution in [3.63, 3.8) is 0 Å². The average molecular weight is 395 g/mol. The van der Waals surface area contributed by atoms with E-state index in [-0.39, 0.29) is 22.6 Å². The van der Waals surface area contributed by atoms with E-state index in [2.05, 4.69) is 16.8 Å². The number of nitro benzene ring substituents is 1. The quantitative estimate of drug-likeness (QED) is 0.304. The summed E-state index contributed by atoms with van der Waals surface area (Å²) in [5, 5.41) is 23.3. The number of non-ortho nitro benzene ring substituents is 1. The van der Waals surface area contributed by atoms with Crippen molar-refractivity contribution in [2.45, 2.75) is 5.60 Å². The van der Waals surface area contributed by atoms with Crippen LogP contribution in [0.4, 0.5) is 5.69 Å². The standard InChI is InChI=1S/C23H13N3O4/c27-21-17-8-4-5-9-19(17)24-22-23(28,13-12-15-6-2-1-3-7-15)18-14-16(26(29)30)10-11-20(18)25(21)22/h1-11,14,28H. The van der Waals surface area contributed by atoms with Crippen LogP contribution in [-0.4, -0.2) is 19.6 Å². The number of hydrogen-bond donors (Lipinski definition) is 1. The molecule has 1 aliphatic heterocycles. The number of fused-ring (bicyclic) bond motifs is 4. The molecule has 4 aromatic rings. The second-order valence-electron chi connectivity index (χ2n) is 6.88. The third kappa shape index (κ3) is 2.52. The predicted molar refractivity (Wildman–Crippen MR) is 110 cm³/mol. The van der Waals surface area contributed by atoms with Crippen molar-refractivity contribution in [3.05, 3.63) is 110 Å². The van der Waals surface area contributed by atoms with Gasteiger partial charge in [0.05, 0.1) is 21.5 Å². The average Bonchev–Trinajstić information content (AvgIpc) is 3.02. The van der Waals surface area contributed by atoms with Gasteiger partial charge < -0.3 is 5.11 Å². The van der Waals surface area contributed by atoms with E-state index >= 15 is 0 Å². The Kier molecular flexibility index (Phi) is 3.78. The first kappa shape index (κ1) is 17.8. The van der Waals surface area contributed by atoms with Gasteiger partial charge in [0.25, 0.3) is 11.2 Å². The molecule has 1 atom stereocenters. The van der Waals surface area contributed by atoms with Crippen LogP contribution in [0.2, 0.25) is 0 Å². The number of benzene rings is 3. The van der Waals surface area contributed by atoms with E-state index in [0.717, 1.165) is 0 Å². The Morgan fingerprint density at radius 3 is 2.53 bits per heavy atom. The molecule has 0 radical (unpaired) electrons. The Labute approximate surface area is 170 Å². The Morgan fingerprint density at radius 1 is 1.03 bits per heavy atom. The minimum Gasteiger partial charge on any atom is -0.367 e. The van der Waals surface area contributed by atoms with E-state index in [9.17, 15) is 20.0 Å². The molecule has 0 spiro atoms. The van der Waals surface area contributed by atoms with Gasteiger partial charge in [0.1, 0.15) is 0 Å². The molecule has 2 heterocycles. The van der Waals surface area contributed by atoms with Crippen molar-refractivity contribution in [2.75, 3.05) is 0 Å². The Morgan fingerprint density at radius 2 is 1.77 bits per heavy atom. The van der Waals surface area contributed by atoms with Gasteiger partial charge in [0.15, 0.2) is 5.82 Å². The molecule has 0 amide bonds. The smallest absolute Gasteiger partial charge is 0.270 e. The fraction of sp³-hybridized carbons (Fsp3) is 0.0435. The Hall–Kier alpha value is -4.28. The summed E-state index contributed by atoms with van der Waals surface area (Å²) >= 11 is 0. The fourth-order valence-corrected chi connectivity index (χ4v) is 3.65. The number of rotatable bonds is 1. The van der Waals surface area contributed by atoms with Gasteiger partial charge >= 0.3 is 0 Å². The van der Waals surface area contributed by atoms with Crippen LogP contribution in [0.5, 0.6) is 0 Å². The predicted octanol–water partition coefficient (Wildman–Crippen LogP) is 2.89. The minimum atomic E-state index is -1.99. The number of hydrogen-bond acceptors (Lipinski definition) is 5. The van der Waals surface area contributed by atoms with E-state index in [1.54, 1.807) is 36.4 Å². The molecule has 1 aliphatic rings. The lowest BCUT2D eigenvalue weighted by Crippen LogP contribution is -2.29. The fourth-order valence-electron chi connectivity index (χ4n) is 3.65. The molecule has 1 aromatic heterocycles. The van der Waals surface area contributed by atoms with Crippen molar-refractivity contribution in [2.24, 2.45) is 0 Å². The van der Waals surface area contributed by atoms with Crippen LogP contribution < -0.4 is 5.56 Å². The molecule has 7 nitrogen and oxygen atoms in total. The Bertz CT molecular complexity index is 1470. The number of aromatic nitrogens is 2. The normalized spacial score (nSPS) is 16.4. The van der Waals surface area contributed by atoms with Gasteiger partial charge in [-0.05, 0) is 36.3 Å². The van der Waals surface area contributed by atoms with Crippen molar-refractivity contribution >= 4 is 16.6 Å². The highest BCUT2D eigenvalue weighted by atomic mass is 16.6. The molecule has 1 unspecified atom stereocenters. The van der Waals surface area contributed by atoms with Crippen molar-refractivity contribution in [1.29, 1.82) is 0 Å². The molecule has 3 aromatic carbocycles. The summed E-state index contributed by atoms with van der Waals surface area (Å²) in [4.78, 5) is 28.5. The van der Waals surface area contributed by atoms with E-state index in [0.29, 0.717) is 22.2 Å². The largest absolute Gasteiger partial charge is 0.367 e. The van der Waals surface area contributed by atoms with Gasteiger partial charge in [-0.3, -0.25) is 19.5 Å². The maximum Gasteiger partial charge on any atom is 0.270 e. The van der Waals surface area contributed by atoms with Gasteiger partial charge in [-0.2, -0.15) is 0 Å². The third-order valence-corrected chi connectivity index (χ3v) is 5.08. The maximum absolute atomic E-state index is 13.2. The van der Waals surface area contributed by atoms with Crippen LogP contribution >= 0.6 is 0 Å². The molecule has 5 rings (SSSR count). The van der Waals surface area contributed by atoms with Crippen molar-refractivity contribution in [3.8, 4) is 17.5 Å². The Balaban J connectivity index is 1.86. The summed E-state index contributed by atoms with van der Waals surface area (Å²) in [5.74, 6) is 5.72. The number of nitrogens with zero attached hydrogens (tertiary/aromatic N) is 3. The van der Waals surface area contributed by atoms with Crippen LogP contribution in [0, 0.1) is 22.0 Å². The lowest BCUT2D eigenvalue weighted by atomic mass is 9.94. The van der Waals surface area contributed by atoms with Gasteiger partial charge in [-0.1, -0.05) is 36.3 Å². The molecule has 0 fully saturated rings. The van der Waals surface area contributed by atoms with E-state index in [4.69, 9.17) is 0 Å². The lowest BCUT2D eigenvalue weighted by molar-refractivity contribution is -0.385. The van der Waals surface area contributed by atoms with Crippen LogP contribution in [0.1, 0.15) is 17.0 Å². The van der Waals surface area contributed by atoms with Crippen LogP contribution in [0.15, 0.2) is 77.6 Å². The molecule has 1 N–H and O–H groups in total. The molecule has 30 heavy (non-hydrogen) atoms. The second kappa shape index (κ2) is 6.37. The first-order valence-corrected chi connectivity index (χ1v) is 9.11. The zero-order valence-corrected chi connectivity index (χ0v) is 15.4. The monoisotopic (exact) mass is 395 g/mol. The zero-order chi connectivity index (χ0) is 20.9. The highest BCUT2D eigenvalue weighted by Crippen LogP contribution is 2.41. The van der Waals surface area contributed by atoms with Crippen LogP contribution in [-0.2, 0) is 5.60 Å². The summed E-state index contributed by atoms with van der Waals surface area (Å²) in [6, 6.07) is 19.8. The molecule has 7 heteroatoms. The summed E-state index contributed by atoms with van der Waals surface area (Å²) in [6.45, 7) is 0. The summed E-state index contributed by atoms with van der Waals surface area (Å²) in [5.41, 5.74) is -1.03. The molecule has 144 valence electrons. The SMILES string of the molecule is O=c1c2ccccc2nc2n1-c1ccc([N+](=O)[O-])cc1C2(O)C#Cc1ccccc1. The van der Waals surface area contributed by atoms with Crippen LogP contribution in [0.3, 0.4) is 0 Å². The second-order valence-corrected chi connectivity index (χ2v) is 6.88. The van der Waals surface area contributed by atoms with Crippen molar-refractivity contribution < 1.29 is 10.0 Å². The maximum atomic E-state index is 13.2. The molecular weight excluding hydrogens is 382 g/mol. The van der Waals surface area contributed by atoms with E-state index in [1.807, 2.05) is 18.2 Å². The third-order valence-electron chi connectivity index (χ3n) is 5.08. The summed E-state index contributed by atoms with van der Waals surface area (Å²) in [7, 11) is 0. The lowest BCUT2D eigenvalue weighted by Gasteiger charge is -2.16.